The molecule has 0 bridgehead atoms. The van der Waals surface area contributed by atoms with E-state index >= 15 is 0 Å². The van der Waals surface area contributed by atoms with E-state index in [9.17, 15) is 14.0 Å². The van der Waals surface area contributed by atoms with E-state index in [1.165, 1.54) is 23.9 Å². The lowest BCUT2D eigenvalue weighted by atomic mass is 10.0. The second-order valence-electron chi connectivity index (χ2n) is 9.47. The third-order valence-electron chi connectivity index (χ3n) is 6.62. The summed E-state index contributed by atoms with van der Waals surface area (Å²) in [5.41, 5.74) is 2.93. The van der Waals surface area contributed by atoms with Gasteiger partial charge in [0.05, 0.1) is 5.75 Å². The highest BCUT2D eigenvalue weighted by Gasteiger charge is 2.32. The van der Waals surface area contributed by atoms with Crippen LogP contribution in [0.15, 0.2) is 83.3 Å². The van der Waals surface area contributed by atoms with Crippen LogP contribution in [0.3, 0.4) is 0 Å². The molecule has 194 valence electrons. The molecule has 3 aromatic carbocycles. The van der Waals surface area contributed by atoms with Crippen molar-refractivity contribution >= 4 is 39.5 Å². The van der Waals surface area contributed by atoms with Gasteiger partial charge in [0, 0.05) is 29.2 Å². The molecule has 0 saturated heterocycles. The summed E-state index contributed by atoms with van der Waals surface area (Å²) in [6, 6.07) is 23.6. The first-order chi connectivity index (χ1) is 18.0. The molecule has 4 nitrogen and oxygen atoms in total. The van der Waals surface area contributed by atoms with E-state index in [2.05, 4.69) is 21.2 Å². The van der Waals surface area contributed by atoms with Gasteiger partial charge in [0.1, 0.15) is 11.9 Å². The Morgan fingerprint density at radius 2 is 1.65 bits per heavy atom. The van der Waals surface area contributed by atoms with Crippen molar-refractivity contribution in [1.82, 2.24) is 10.2 Å². The smallest absolute Gasteiger partial charge is 0.243 e. The minimum absolute atomic E-state index is 0.0883. The monoisotopic (exact) mass is 582 g/mol. The van der Waals surface area contributed by atoms with Gasteiger partial charge in [-0.3, -0.25) is 9.59 Å². The summed E-state index contributed by atoms with van der Waals surface area (Å²) in [6.45, 7) is 0.338. The van der Waals surface area contributed by atoms with Gasteiger partial charge < -0.3 is 10.2 Å². The summed E-state index contributed by atoms with van der Waals surface area (Å²) < 4.78 is 14.2. The Balaban J connectivity index is 1.56. The summed E-state index contributed by atoms with van der Waals surface area (Å²) >= 11 is 5.00. The normalized spacial score (nSPS) is 14.3. The molecule has 1 aliphatic carbocycles. The van der Waals surface area contributed by atoms with Gasteiger partial charge in [-0.25, -0.2) is 4.39 Å². The molecule has 1 fully saturated rings. The second kappa shape index (κ2) is 13.8. The Hall–Kier alpha value is -2.64. The number of nitrogens with one attached hydrogen (secondary N) is 1. The lowest BCUT2D eigenvalue weighted by Crippen LogP contribution is -2.52. The maximum absolute atomic E-state index is 13.7. The van der Waals surface area contributed by atoms with E-state index in [0.717, 1.165) is 46.8 Å². The van der Waals surface area contributed by atoms with Crippen LogP contribution in [-0.2, 0) is 28.3 Å². The number of hydrogen-bond acceptors (Lipinski definition) is 3. The van der Waals surface area contributed by atoms with Crippen LogP contribution >= 0.6 is 27.7 Å². The molecule has 1 N–H and O–H groups in total. The quantitative estimate of drug-likeness (QED) is 0.280. The van der Waals surface area contributed by atoms with Gasteiger partial charge in [-0.15, -0.1) is 11.8 Å². The fraction of sp³-hybridized carbons (Fsp3) is 0.333. The van der Waals surface area contributed by atoms with E-state index in [-0.39, 0.29) is 29.4 Å². The van der Waals surface area contributed by atoms with Crippen molar-refractivity contribution in [1.29, 1.82) is 0 Å². The van der Waals surface area contributed by atoms with E-state index < -0.39 is 6.04 Å². The molecule has 4 rings (SSSR count). The minimum Gasteiger partial charge on any atom is -0.352 e. The zero-order valence-corrected chi connectivity index (χ0v) is 23.1. The number of halogens is 2. The van der Waals surface area contributed by atoms with Gasteiger partial charge >= 0.3 is 0 Å². The van der Waals surface area contributed by atoms with Gasteiger partial charge in [-0.2, -0.15) is 0 Å². The van der Waals surface area contributed by atoms with E-state index in [0.29, 0.717) is 18.7 Å². The predicted molar refractivity (Wildman–Crippen MR) is 152 cm³/mol. The number of benzene rings is 3. The molecular weight excluding hydrogens is 551 g/mol. The first-order valence-electron chi connectivity index (χ1n) is 12.7. The molecule has 1 aliphatic rings. The fourth-order valence-corrected chi connectivity index (χ4v) is 5.99. The Bertz CT molecular complexity index is 1170. The molecule has 3 aromatic rings. The molecule has 0 aromatic heterocycles. The molecule has 0 aliphatic heterocycles. The van der Waals surface area contributed by atoms with Gasteiger partial charge in [0.25, 0.3) is 0 Å². The summed E-state index contributed by atoms with van der Waals surface area (Å²) in [4.78, 5) is 29.1. The lowest BCUT2D eigenvalue weighted by molar-refractivity contribution is -0.139. The van der Waals surface area contributed by atoms with Crippen molar-refractivity contribution in [3.8, 4) is 0 Å². The average Bonchev–Trinajstić information content (AvgIpc) is 3.41. The van der Waals surface area contributed by atoms with Gasteiger partial charge in [-0.1, -0.05) is 83.4 Å². The fourth-order valence-electron chi connectivity index (χ4n) is 4.67. The zero-order chi connectivity index (χ0) is 26.0. The predicted octanol–water partition coefficient (Wildman–Crippen LogP) is 6.52. The first-order valence-corrected chi connectivity index (χ1v) is 14.6. The van der Waals surface area contributed by atoms with Crippen LogP contribution in [0.25, 0.3) is 0 Å². The van der Waals surface area contributed by atoms with Gasteiger partial charge in [0.2, 0.25) is 11.8 Å². The molecule has 0 radical (unpaired) electrons. The third kappa shape index (κ3) is 8.44. The Kier molecular flexibility index (Phi) is 10.2. The lowest BCUT2D eigenvalue weighted by Gasteiger charge is -2.32. The van der Waals surface area contributed by atoms with Crippen LogP contribution in [0.2, 0.25) is 0 Å². The molecule has 2 amide bonds. The topological polar surface area (TPSA) is 49.4 Å². The van der Waals surface area contributed by atoms with Crippen molar-refractivity contribution in [2.45, 2.75) is 56.5 Å². The molecule has 37 heavy (non-hydrogen) atoms. The summed E-state index contributed by atoms with van der Waals surface area (Å²) in [7, 11) is 0. The molecule has 1 unspecified atom stereocenters. The number of carbonyl (C=O) groups is 2. The van der Waals surface area contributed by atoms with E-state index in [4.69, 9.17) is 0 Å². The van der Waals surface area contributed by atoms with Crippen LogP contribution in [0.5, 0.6) is 0 Å². The van der Waals surface area contributed by atoms with Crippen LogP contribution in [0.1, 0.15) is 42.4 Å². The van der Waals surface area contributed by atoms with Crippen molar-refractivity contribution < 1.29 is 14.0 Å². The molecule has 1 saturated carbocycles. The Morgan fingerprint density at radius 1 is 0.946 bits per heavy atom. The molecule has 0 heterocycles. The van der Waals surface area contributed by atoms with Gasteiger partial charge in [-0.05, 0) is 53.8 Å². The Labute approximate surface area is 231 Å². The third-order valence-corrected chi connectivity index (χ3v) is 8.10. The average molecular weight is 584 g/mol. The minimum atomic E-state index is -0.624. The van der Waals surface area contributed by atoms with Crippen LogP contribution < -0.4 is 5.32 Å². The maximum atomic E-state index is 13.7. The summed E-state index contributed by atoms with van der Waals surface area (Å²) in [6.07, 6.45) is 4.65. The number of nitrogens with zero attached hydrogens (tertiary/aromatic N) is 1. The molecule has 0 spiro atoms. The number of rotatable bonds is 11. The molecular formula is C30H32BrFN2O2S. The largest absolute Gasteiger partial charge is 0.352 e. The highest BCUT2D eigenvalue weighted by molar-refractivity contribution is 9.10. The van der Waals surface area contributed by atoms with Crippen molar-refractivity contribution in [3.63, 3.8) is 0 Å². The Morgan fingerprint density at radius 3 is 2.35 bits per heavy atom. The van der Waals surface area contributed by atoms with Crippen molar-refractivity contribution in [2.24, 2.45) is 0 Å². The number of hydrogen-bond donors (Lipinski definition) is 1. The summed E-state index contributed by atoms with van der Waals surface area (Å²) in [5, 5.41) is 3.23. The molecule has 1 atom stereocenters. The van der Waals surface area contributed by atoms with Crippen LogP contribution in [-0.4, -0.2) is 34.6 Å². The first kappa shape index (κ1) is 27.4. The van der Waals surface area contributed by atoms with E-state index in [1.54, 1.807) is 17.0 Å². The molecule has 7 heteroatoms. The SMILES string of the molecule is O=C(NC1CCCC1)C(Cc1ccccc1)N(Cc1cccc(Br)c1)C(=O)CSCc1ccc(F)cc1. The number of carbonyl (C=O) groups excluding carboxylic acids is 2. The van der Waals surface area contributed by atoms with Crippen LogP contribution in [0.4, 0.5) is 4.39 Å². The maximum Gasteiger partial charge on any atom is 0.243 e. The zero-order valence-electron chi connectivity index (χ0n) is 20.7. The highest BCUT2D eigenvalue weighted by Crippen LogP contribution is 2.22. The number of amides is 2. The standard InChI is InChI=1S/C30H32BrFN2O2S/c31-25-10-6-9-24(17-25)19-34(29(35)21-37-20-23-13-15-26(32)16-14-23)28(18-22-7-2-1-3-8-22)30(36)33-27-11-4-5-12-27/h1-3,6-10,13-17,27-28H,4-5,11-12,18-21H2,(H,33,36). The highest BCUT2D eigenvalue weighted by atomic mass is 79.9. The van der Waals surface area contributed by atoms with E-state index in [1.807, 2.05) is 54.6 Å². The van der Waals surface area contributed by atoms with Crippen molar-refractivity contribution in [3.05, 3.63) is 106 Å². The second-order valence-corrected chi connectivity index (χ2v) is 11.4. The van der Waals surface area contributed by atoms with Crippen molar-refractivity contribution in [2.75, 3.05) is 5.75 Å². The van der Waals surface area contributed by atoms with Gasteiger partial charge in [0.15, 0.2) is 0 Å². The summed E-state index contributed by atoms with van der Waals surface area (Å²) in [5.74, 6) is 0.362. The number of thioether (sulfide) groups is 1. The van der Waals surface area contributed by atoms with Crippen LogP contribution in [0, 0.1) is 5.82 Å².